The van der Waals surface area contributed by atoms with Crippen LogP contribution in [0.25, 0.3) is 0 Å². The van der Waals surface area contributed by atoms with Crippen LogP contribution in [-0.4, -0.2) is 36.5 Å². The van der Waals surface area contributed by atoms with Crippen molar-refractivity contribution >= 4 is 11.9 Å². The second-order valence-electron chi connectivity index (χ2n) is 5.91. The molecule has 0 unspecified atom stereocenters. The summed E-state index contributed by atoms with van der Waals surface area (Å²) >= 11 is 0. The number of hydrogen-bond donors (Lipinski definition) is 2. The first-order valence-electron chi connectivity index (χ1n) is 8.10. The Morgan fingerprint density at radius 1 is 1.43 bits per heavy atom. The van der Waals surface area contributed by atoms with E-state index in [0.29, 0.717) is 19.6 Å². The molecule has 0 radical (unpaired) electrons. The van der Waals surface area contributed by atoms with Gasteiger partial charge in [0.05, 0.1) is 12.0 Å². The highest BCUT2D eigenvalue weighted by molar-refractivity contribution is 5.80. The Kier molecular flexibility index (Phi) is 5.96. The topological polar surface area (TPSA) is 61.4 Å². The molecule has 3 amide bonds. The van der Waals surface area contributed by atoms with Gasteiger partial charge in [-0.15, -0.1) is 0 Å². The molecule has 2 atom stereocenters. The minimum absolute atomic E-state index is 0.00294. The second-order valence-corrected chi connectivity index (χ2v) is 5.91. The Bertz CT molecular complexity index is 565. The molecule has 0 saturated carbocycles. The van der Waals surface area contributed by atoms with E-state index in [1.54, 1.807) is 17.0 Å². The number of carbonyl (C=O) groups is 2. The van der Waals surface area contributed by atoms with Crippen molar-refractivity contribution < 1.29 is 14.0 Å². The van der Waals surface area contributed by atoms with Crippen LogP contribution in [0, 0.1) is 11.7 Å². The van der Waals surface area contributed by atoms with E-state index in [2.05, 4.69) is 10.6 Å². The lowest BCUT2D eigenvalue weighted by molar-refractivity contribution is -0.126. The number of piperidine rings is 1. The largest absolute Gasteiger partial charge is 0.356 e. The van der Waals surface area contributed by atoms with E-state index < -0.39 is 0 Å². The number of nitrogens with zero attached hydrogens (tertiary/aromatic N) is 1. The predicted octanol–water partition coefficient (Wildman–Crippen LogP) is 2.44. The fourth-order valence-electron chi connectivity index (χ4n) is 2.83. The van der Waals surface area contributed by atoms with Gasteiger partial charge in [0, 0.05) is 19.6 Å². The Morgan fingerprint density at radius 2 is 2.22 bits per heavy atom. The first kappa shape index (κ1) is 17.2. The molecule has 1 aliphatic heterocycles. The summed E-state index contributed by atoms with van der Waals surface area (Å²) in [4.78, 5) is 26.0. The van der Waals surface area contributed by atoms with Gasteiger partial charge in [0.15, 0.2) is 0 Å². The van der Waals surface area contributed by atoms with Crippen molar-refractivity contribution in [1.29, 1.82) is 0 Å². The van der Waals surface area contributed by atoms with Crippen LogP contribution < -0.4 is 10.6 Å². The molecule has 0 aromatic heterocycles. The van der Waals surface area contributed by atoms with Crippen molar-refractivity contribution in [2.75, 3.05) is 19.6 Å². The van der Waals surface area contributed by atoms with Crippen LogP contribution in [0.2, 0.25) is 0 Å². The highest BCUT2D eigenvalue weighted by Gasteiger charge is 2.28. The molecule has 23 heavy (non-hydrogen) atoms. The molecule has 1 saturated heterocycles. The standard InChI is InChI=1S/C17H24FN3O2/c1-3-19-16(22)14-7-5-9-21(11-14)17(23)20-12(2)13-6-4-8-15(18)10-13/h4,6,8,10,12,14H,3,5,7,9,11H2,1-2H3,(H,19,22)(H,20,23)/t12-,14-/m1/s1. The molecule has 0 spiro atoms. The molecule has 2 rings (SSSR count). The summed E-state index contributed by atoms with van der Waals surface area (Å²) in [5, 5.41) is 5.68. The van der Waals surface area contributed by atoms with E-state index in [9.17, 15) is 14.0 Å². The maximum absolute atomic E-state index is 13.3. The van der Waals surface area contributed by atoms with Crippen LogP contribution in [0.1, 0.15) is 38.3 Å². The fourth-order valence-corrected chi connectivity index (χ4v) is 2.83. The van der Waals surface area contributed by atoms with E-state index in [1.807, 2.05) is 13.8 Å². The third-order valence-electron chi connectivity index (χ3n) is 4.12. The van der Waals surface area contributed by atoms with E-state index in [4.69, 9.17) is 0 Å². The van der Waals surface area contributed by atoms with Crippen LogP contribution >= 0.6 is 0 Å². The lowest BCUT2D eigenvalue weighted by Gasteiger charge is -2.33. The maximum atomic E-state index is 13.3. The van der Waals surface area contributed by atoms with Crippen molar-refractivity contribution in [1.82, 2.24) is 15.5 Å². The third kappa shape index (κ3) is 4.68. The molecule has 6 heteroatoms. The summed E-state index contributed by atoms with van der Waals surface area (Å²) in [5.74, 6) is -0.472. The van der Waals surface area contributed by atoms with Gasteiger partial charge < -0.3 is 15.5 Å². The number of benzene rings is 1. The van der Waals surface area contributed by atoms with Gasteiger partial charge in [-0.25, -0.2) is 9.18 Å². The smallest absolute Gasteiger partial charge is 0.317 e. The lowest BCUT2D eigenvalue weighted by atomic mass is 9.97. The molecule has 1 aliphatic rings. The monoisotopic (exact) mass is 321 g/mol. The Labute approximate surface area is 136 Å². The highest BCUT2D eigenvalue weighted by Crippen LogP contribution is 2.18. The summed E-state index contributed by atoms with van der Waals surface area (Å²) in [7, 11) is 0. The SMILES string of the molecule is CCNC(=O)[C@@H]1CCCN(C(=O)N[C@H](C)c2cccc(F)c2)C1. The third-order valence-corrected chi connectivity index (χ3v) is 4.12. The number of carbonyl (C=O) groups excluding carboxylic acids is 2. The Balaban J connectivity index is 1.93. The quantitative estimate of drug-likeness (QED) is 0.895. The van der Waals surface area contributed by atoms with Gasteiger partial charge in [-0.05, 0) is 44.4 Å². The lowest BCUT2D eigenvalue weighted by Crippen LogP contribution is -2.49. The van der Waals surface area contributed by atoms with Crippen molar-refractivity contribution in [2.45, 2.75) is 32.7 Å². The van der Waals surface area contributed by atoms with E-state index >= 15 is 0 Å². The zero-order chi connectivity index (χ0) is 16.8. The number of urea groups is 1. The van der Waals surface area contributed by atoms with Crippen molar-refractivity contribution in [3.05, 3.63) is 35.6 Å². The summed E-state index contributed by atoms with van der Waals surface area (Å²) in [6, 6.07) is 5.69. The van der Waals surface area contributed by atoms with Crippen LogP contribution in [0.3, 0.4) is 0 Å². The first-order valence-corrected chi connectivity index (χ1v) is 8.10. The molecule has 0 bridgehead atoms. The van der Waals surface area contributed by atoms with Gasteiger partial charge in [-0.3, -0.25) is 4.79 Å². The van der Waals surface area contributed by atoms with Crippen LogP contribution in [-0.2, 0) is 4.79 Å². The average molecular weight is 321 g/mol. The fraction of sp³-hybridized carbons (Fsp3) is 0.529. The van der Waals surface area contributed by atoms with Gasteiger partial charge in [0.2, 0.25) is 5.91 Å². The summed E-state index contributed by atoms with van der Waals surface area (Å²) in [6.07, 6.45) is 1.61. The number of rotatable bonds is 4. The van der Waals surface area contributed by atoms with Crippen molar-refractivity contribution in [2.24, 2.45) is 5.92 Å². The van der Waals surface area contributed by atoms with Crippen LogP contribution in [0.4, 0.5) is 9.18 Å². The van der Waals surface area contributed by atoms with Gasteiger partial charge >= 0.3 is 6.03 Å². The highest BCUT2D eigenvalue weighted by atomic mass is 19.1. The zero-order valence-corrected chi connectivity index (χ0v) is 13.6. The molecule has 0 aliphatic carbocycles. The normalized spacial score (nSPS) is 19.1. The first-order chi connectivity index (χ1) is 11.0. The summed E-state index contributed by atoms with van der Waals surface area (Å²) in [5.41, 5.74) is 0.718. The van der Waals surface area contributed by atoms with Crippen LogP contribution in [0.15, 0.2) is 24.3 Å². The minimum Gasteiger partial charge on any atom is -0.356 e. The Hall–Kier alpha value is -2.11. The van der Waals surface area contributed by atoms with Gasteiger partial charge in [0.25, 0.3) is 0 Å². The molecular weight excluding hydrogens is 297 g/mol. The van der Waals surface area contributed by atoms with E-state index in [1.165, 1.54) is 12.1 Å². The van der Waals surface area contributed by atoms with E-state index in [0.717, 1.165) is 18.4 Å². The minimum atomic E-state index is -0.321. The Morgan fingerprint density at radius 3 is 2.91 bits per heavy atom. The molecule has 1 heterocycles. The number of halogens is 1. The second kappa shape index (κ2) is 7.94. The summed E-state index contributed by atoms with van der Waals surface area (Å²) < 4.78 is 13.3. The molecule has 126 valence electrons. The number of likely N-dealkylation sites (tertiary alicyclic amines) is 1. The van der Waals surface area contributed by atoms with Gasteiger partial charge in [-0.1, -0.05) is 12.1 Å². The molecule has 2 N–H and O–H groups in total. The molecule has 1 aromatic carbocycles. The number of nitrogens with one attached hydrogen (secondary N) is 2. The molecule has 1 aromatic rings. The summed E-state index contributed by atoms with van der Waals surface area (Å²) in [6.45, 7) is 5.35. The van der Waals surface area contributed by atoms with Crippen molar-refractivity contribution in [3.8, 4) is 0 Å². The van der Waals surface area contributed by atoms with Gasteiger partial charge in [-0.2, -0.15) is 0 Å². The number of hydrogen-bond acceptors (Lipinski definition) is 2. The molecular formula is C17H24FN3O2. The molecule has 5 nitrogen and oxygen atoms in total. The zero-order valence-electron chi connectivity index (χ0n) is 13.6. The van der Waals surface area contributed by atoms with Crippen molar-refractivity contribution in [3.63, 3.8) is 0 Å². The van der Waals surface area contributed by atoms with Gasteiger partial charge in [0.1, 0.15) is 5.82 Å². The molecule has 1 fully saturated rings. The maximum Gasteiger partial charge on any atom is 0.317 e. The van der Waals surface area contributed by atoms with E-state index in [-0.39, 0.29) is 29.7 Å². The predicted molar refractivity (Wildman–Crippen MR) is 86.3 cm³/mol. The number of amides is 3. The van der Waals surface area contributed by atoms with Crippen LogP contribution in [0.5, 0.6) is 0 Å². The average Bonchev–Trinajstić information content (AvgIpc) is 2.55.